The van der Waals surface area contributed by atoms with E-state index in [-0.39, 0.29) is 10.5 Å². The number of anilines is 1. The third-order valence-electron chi connectivity index (χ3n) is 1.63. The average molecular weight is 201 g/mol. The van der Waals surface area contributed by atoms with Crippen LogP contribution >= 0.6 is 11.6 Å². The fraction of sp³-hybridized carbons (Fsp3) is 0.143. The molecule has 0 radical (unpaired) electrons. The van der Waals surface area contributed by atoms with E-state index in [0.717, 1.165) is 0 Å². The topological polar surface area (TPSA) is 75.7 Å². The van der Waals surface area contributed by atoms with Crippen molar-refractivity contribution in [2.24, 2.45) is 0 Å². The average Bonchev–Trinajstić information content (AvgIpc) is 2.08. The molecular formula is C7H9BClNO3. The zero-order valence-electron chi connectivity index (χ0n) is 6.99. The van der Waals surface area contributed by atoms with Gasteiger partial charge in [0.15, 0.2) is 0 Å². The minimum absolute atomic E-state index is 0.196. The van der Waals surface area contributed by atoms with Crippen molar-refractivity contribution in [2.45, 2.75) is 0 Å². The number of nitrogens with two attached hydrogens (primary N) is 1. The first-order valence-electron chi connectivity index (χ1n) is 3.55. The predicted molar refractivity (Wildman–Crippen MR) is 52.2 cm³/mol. The van der Waals surface area contributed by atoms with Gasteiger partial charge in [0.05, 0.1) is 17.8 Å². The summed E-state index contributed by atoms with van der Waals surface area (Å²) in [6.07, 6.45) is 0. The smallest absolute Gasteiger partial charge is 0.492 e. The first-order chi connectivity index (χ1) is 6.06. The summed E-state index contributed by atoms with van der Waals surface area (Å²) in [6, 6.07) is 2.80. The summed E-state index contributed by atoms with van der Waals surface area (Å²) in [5, 5.41) is 18.1. The lowest BCUT2D eigenvalue weighted by Crippen LogP contribution is -2.31. The lowest BCUT2D eigenvalue weighted by molar-refractivity contribution is 0.403. The van der Waals surface area contributed by atoms with E-state index in [4.69, 9.17) is 32.1 Å². The molecule has 0 amide bonds. The Labute approximate surface area is 81.0 Å². The molecule has 0 aliphatic heterocycles. The molecule has 6 heteroatoms. The zero-order valence-corrected chi connectivity index (χ0v) is 7.75. The first kappa shape index (κ1) is 10.2. The first-order valence-corrected chi connectivity index (χ1v) is 3.93. The van der Waals surface area contributed by atoms with Crippen LogP contribution in [0.1, 0.15) is 0 Å². The summed E-state index contributed by atoms with van der Waals surface area (Å²) >= 11 is 5.68. The molecule has 4 nitrogen and oxygen atoms in total. The highest BCUT2D eigenvalue weighted by atomic mass is 35.5. The van der Waals surface area contributed by atoms with Crippen LogP contribution in [-0.2, 0) is 0 Å². The highest BCUT2D eigenvalue weighted by molar-refractivity contribution is 6.60. The van der Waals surface area contributed by atoms with Gasteiger partial charge in [-0.05, 0) is 6.07 Å². The third kappa shape index (κ3) is 2.06. The van der Waals surface area contributed by atoms with Crippen LogP contribution in [0.2, 0.25) is 5.02 Å². The van der Waals surface area contributed by atoms with Crippen molar-refractivity contribution < 1.29 is 14.8 Å². The van der Waals surface area contributed by atoms with Gasteiger partial charge in [-0.25, -0.2) is 0 Å². The number of hydrogen-bond donors (Lipinski definition) is 3. The summed E-state index contributed by atoms with van der Waals surface area (Å²) in [7, 11) is -0.206. The van der Waals surface area contributed by atoms with E-state index in [1.807, 2.05) is 0 Å². The van der Waals surface area contributed by atoms with Gasteiger partial charge in [0.25, 0.3) is 0 Å². The Morgan fingerprint density at radius 2 is 2.08 bits per heavy atom. The van der Waals surface area contributed by atoms with Crippen molar-refractivity contribution in [1.82, 2.24) is 0 Å². The molecule has 1 rings (SSSR count). The van der Waals surface area contributed by atoms with Crippen molar-refractivity contribution in [3.8, 4) is 5.75 Å². The standard InChI is InChI=1S/C7H9BClNO3/c1-13-7-3-6(10)5(9)2-4(7)8(11)12/h2-3,11-12H,10H2,1H3. The summed E-state index contributed by atoms with van der Waals surface area (Å²) in [4.78, 5) is 0. The van der Waals surface area contributed by atoms with Crippen LogP contribution in [0.4, 0.5) is 5.69 Å². The summed E-state index contributed by atoms with van der Waals surface area (Å²) in [6.45, 7) is 0. The Morgan fingerprint density at radius 3 is 2.54 bits per heavy atom. The number of rotatable bonds is 2. The molecule has 1 aromatic carbocycles. The molecule has 0 bridgehead atoms. The highest BCUT2D eigenvalue weighted by Crippen LogP contribution is 2.22. The molecule has 0 fully saturated rings. The second-order valence-electron chi connectivity index (χ2n) is 2.49. The Hall–Kier alpha value is -0.905. The fourth-order valence-corrected chi connectivity index (χ4v) is 1.14. The van der Waals surface area contributed by atoms with Crippen LogP contribution in [0.3, 0.4) is 0 Å². The normalized spacial score (nSPS) is 9.85. The largest absolute Gasteiger partial charge is 0.497 e. The Balaban J connectivity index is 3.25. The van der Waals surface area contributed by atoms with Gasteiger partial charge in [-0.15, -0.1) is 0 Å². The number of benzene rings is 1. The van der Waals surface area contributed by atoms with Crippen molar-refractivity contribution in [3.05, 3.63) is 17.2 Å². The van der Waals surface area contributed by atoms with Crippen molar-refractivity contribution >= 4 is 29.9 Å². The van der Waals surface area contributed by atoms with E-state index >= 15 is 0 Å². The van der Waals surface area contributed by atoms with Gasteiger partial charge in [0.2, 0.25) is 0 Å². The van der Waals surface area contributed by atoms with E-state index in [9.17, 15) is 0 Å². The van der Waals surface area contributed by atoms with E-state index in [0.29, 0.717) is 11.4 Å². The number of halogens is 1. The molecule has 0 aromatic heterocycles. The molecule has 0 heterocycles. The second kappa shape index (κ2) is 3.87. The highest BCUT2D eigenvalue weighted by Gasteiger charge is 2.18. The van der Waals surface area contributed by atoms with Gasteiger partial charge in [0, 0.05) is 11.5 Å². The molecule has 0 saturated carbocycles. The molecule has 70 valence electrons. The van der Waals surface area contributed by atoms with Crippen LogP contribution in [0.25, 0.3) is 0 Å². The second-order valence-corrected chi connectivity index (χ2v) is 2.90. The molecule has 0 aliphatic rings. The predicted octanol–water partition coefficient (Wildman–Crippen LogP) is -0.389. The monoisotopic (exact) mass is 201 g/mol. The van der Waals surface area contributed by atoms with Crippen LogP contribution in [0, 0.1) is 0 Å². The molecule has 13 heavy (non-hydrogen) atoms. The molecule has 0 aliphatic carbocycles. The maximum atomic E-state index is 8.93. The Kier molecular flexibility index (Phi) is 3.03. The van der Waals surface area contributed by atoms with Crippen molar-refractivity contribution in [3.63, 3.8) is 0 Å². The van der Waals surface area contributed by atoms with Gasteiger partial charge < -0.3 is 20.5 Å². The van der Waals surface area contributed by atoms with Crippen LogP contribution in [-0.4, -0.2) is 24.3 Å². The Bertz CT molecular complexity index is 319. The molecule has 4 N–H and O–H groups in total. The van der Waals surface area contributed by atoms with Gasteiger partial charge >= 0.3 is 7.12 Å². The fourth-order valence-electron chi connectivity index (χ4n) is 0.963. The van der Waals surface area contributed by atoms with Crippen LogP contribution in [0.5, 0.6) is 5.75 Å². The zero-order chi connectivity index (χ0) is 10.0. The maximum Gasteiger partial charge on any atom is 0.492 e. The van der Waals surface area contributed by atoms with Gasteiger partial charge in [0.1, 0.15) is 5.75 Å². The summed E-state index contributed by atoms with van der Waals surface area (Å²) in [5.74, 6) is 0.303. The van der Waals surface area contributed by atoms with E-state index < -0.39 is 7.12 Å². The minimum atomic E-state index is -1.62. The molecule has 0 unspecified atom stereocenters. The van der Waals surface area contributed by atoms with E-state index in [1.165, 1.54) is 19.2 Å². The van der Waals surface area contributed by atoms with Gasteiger partial charge in [-0.2, -0.15) is 0 Å². The van der Waals surface area contributed by atoms with Crippen LogP contribution in [0.15, 0.2) is 12.1 Å². The molecular weight excluding hydrogens is 192 g/mol. The lowest BCUT2D eigenvalue weighted by Gasteiger charge is -2.09. The molecule has 0 spiro atoms. The molecule has 0 atom stereocenters. The van der Waals surface area contributed by atoms with Gasteiger partial charge in [-0.3, -0.25) is 0 Å². The van der Waals surface area contributed by atoms with Crippen molar-refractivity contribution in [1.29, 1.82) is 0 Å². The number of methoxy groups -OCH3 is 1. The maximum absolute atomic E-state index is 8.93. The Morgan fingerprint density at radius 1 is 1.46 bits per heavy atom. The number of nitrogen functional groups attached to an aromatic ring is 1. The van der Waals surface area contributed by atoms with E-state index in [1.54, 1.807) is 0 Å². The molecule has 1 aromatic rings. The minimum Gasteiger partial charge on any atom is -0.497 e. The SMILES string of the molecule is COc1cc(N)c(Cl)cc1B(O)O. The van der Waals surface area contributed by atoms with Crippen molar-refractivity contribution in [2.75, 3.05) is 12.8 Å². The number of hydrogen-bond acceptors (Lipinski definition) is 4. The molecule has 0 saturated heterocycles. The quantitative estimate of drug-likeness (QED) is 0.450. The summed E-state index contributed by atoms with van der Waals surface area (Å²) < 4.78 is 4.88. The van der Waals surface area contributed by atoms with Crippen LogP contribution < -0.4 is 15.9 Å². The lowest BCUT2D eigenvalue weighted by atomic mass is 9.79. The number of ether oxygens (including phenoxy) is 1. The van der Waals surface area contributed by atoms with E-state index in [2.05, 4.69) is 0 Å². The van der Waals surface area contributed by atoms with Gasteiger partial charge in [-0.1, -0.05) is 11.6 Å². The summed E-state index contributed by atoms with van der Waals surface area (Å²) in [5.41, 5.74) is 6.02. The third-order valence-corrected chi connectivity index (χ3v) is 1.95.